The number of hydrogen-bond acceptors (Lipinski definition) is 6. The van der Waals surface area contributed by atoms with Gasteiger partial charge < -0.3 is 4.90 Å². The fourth-order valence-corrected chi connectivity index (χ4v) is 4.08. The topological polar surface area (TPSA) is 81.6 Å². The number of hydrogen-bond donors (Lipinski definition) is 2. The number of amides is 1. The van der Waals surface area contributed by atoms with E-state index in [1.165, 1.54) is 44.7 Å². The summed E-state index contributed by atoms with van der Waals surface area (Å²) >= 11 is 0. The predicted molar refractivity (Wildman–Crippen MR) is 79.7 cm³/mol. The summed E-state index contributed by atoms with van der Waals surface area (Å²) in [6.45, 7) is 4.55. The molecule has 7 heteroatoms. The Morgan fingerprint density at radius 1 is 1.14 bits per heavy atom. The quantitative estimate of drug-likeness (QED) is 0.626. The molecule has 0 radical (unpaired) electrons. The zero-order valence-corrected chi connectivity index (χ0v) is 12.5. The first kappa shape index (κ1) is 13.9. The fraction of sp³-hybridized carbons (Fsp3) is 0.667. The van der Waals surface area contributed by atoms with Crippen molar-refractivity contribution in [1.29, 1.82) is 0 Å². The third kappa shape index (κ3) is 2.34. The van der Waals surface area contributed by atoms with Gasteiger partial charge in [-0.2, -0.15) is 0 Å². The molecule has 1 aliphatic carbocycles. The summed E-state index contributed by atoms with van der Waals surface area (Å²) in [7, 11) is 0. The second kappa shape index (κ2) is 5.48. The summed E-state index contributed by atoms with van der Waals surface area (Å²) < 4.78 is 0. The standard InChI is InChI=1S/C15H21N5O2/c21-14(18-22)10-6-16-15(17-7-10)20-8-11-12(9-20)13(11)19-4-2-1-3-5-19/h6-7,11-13,22H,1-5,8-9H2,(H,18,21). The molecule has 2 N–H and O–H groups in total. The van der Waals surface area contributed by atoms with Gasteiger partial charge in [-0.05, 0) is 37.8 Å². The van der Waals surface area contributed by atoms with Crippen LogP contribution in [0.1, 0.15) is 29.6 Å². The number of hydroxylamine groups is 1. The van der Waals surface area contributed by atoms with Crippen LogP contribution in [0, 0.1) is 11.8 Å². The van der Waals surface area contributed by atoms with Crippen LogP contribution in [0.3, 0.4) is 0 Å². The average molecular weight is 303 g/mol. The third-order valence-electron chi connectivity index (χ3n) is 5.25. The molecule has 118 valence electrons. The van der Waals surface area contributed by atoms with E-state index < -0.39 is 5.91 Å². The van der Waals surface area contributed by atoms with E-state index in [0.29, 0.717) is 5.95 Å². The van der Waals surface area contributed by atoms with Crippen LogP contribution in [0.4, 0.5) is 5.95 Å². The Bertz CT molecular complexity index is 546. The number of nitrogens with zero attached hydrogens (tertiary/aromatic N) is 4. The van der Waals surface area contributed by atoms with Gasteiger partial charge in [0.15, 0.2) is 0 Å². The van der Waals surface area contributed by atoms with Gasteiger partial charge in [0.2, 0.25) is 5.95 Å². The highest BCUT2D eigenvalue weighted by Gasteiger charge is 2.58. The van der Waals surface area contributed by atoms with Crippen molar-refractivity contribution in [1.82, 2.24) is 20.3 Å². The van der Waals surface area contributed by atoms with Crippen molar-refractivity contribution in [3.63, 3.8) is 0 Å². The molecule has 22 heavy (non-hydrogen) atoms. The number of aromatic nitrogens is 2. The number of fused-ring (bicyclic) bond motifs is 1. The zero-order chi connectivity index (χ0) is 15.1. The molecule has 2 saturated heterocycles. The van der Waals surface area contributed by atoms with E-state index in [1.54, 1.807) is 5.48 Å². The number of rotatable bonds is 3. The molecule has 2 atom stereocenters. The van der Waals surface area contributed by atoms with Crippen molar-refractivity contribution in [2.24, 2.45) is 11.8 Å². The van der Waals surface area contributed by atoms with E-state index in [1.807, 2.05) is 0 Å². The lowest BCUT2D eigenvalue weighted by atomic mass is 10.1. The first-order chi connectivity index (χ1) is 10.8. The Labute approximate surface area is 129 Å². The van der Waals surface area contributed by atoms with Gasteiger partial charge in [-0.3, -0.25) is 14.9 Å². The molecule has 0 spiro atoms. The Morgan fingerprint density at radius 2 is 1.77 bits per heavy atom. The van der Waals surface area contributed by atoms with Crippen molar-refractivity contribution in [2.45, 2.75) is 25.3 Å². The maximum atomic E-state index is 11.3. The normalized spacial score (nSPS) is 31.0. The van der Waals surface area contributed by atoms with Crippen LogP contribution in [0.25, 0.3) is 0 Å². The molecule has 1 amide bonds. The van der Waals surface area contributed by atoms with E-state index in [-0.39, 0.29) is 5.56 Å². The van der Waals surface area contributed by atoms with Gasteiger partial charge in [-0.25, -0.2) is 15.4 Å². The van der Waals surface area contributed by atoms with Crippen LogP contribution in [0.15, 0.2) is 12.4 Å². The Balaban J connectivity index is 1.36. The summed E-state index contributed by atoms with van der Waals surface area (Å²) in [6, 6.07) is 0.774. The van der Waals surface area contributed by atoms with Crippen molar-refractivity contribution in [3.05, 3.63) is 18.0 Å². The Morgan fingerprint density at radius 3 is 2.36 bits per heavy atom. The number of carbonyl (C=O) groups excluding carboxylic acids is 1. The first-order valence-corrected chi connectivity index (χ1v) is 8.03. The second-order valence-electron chi connectivity index (χ2n) is 6.53. The molecule has 0 bridgehead atoms. The van der Waals surface area contributed by atoms with E-state index in [4.69, 9.17) is 5.21 Å². The molecule has 7 nitrogen and oxygen atoms in total. The van der Waals surface area contributed by atoms with Gasteiger partial charge >= 0.3 is 0 Å². The van der Waals surface area contributed by atoms with Gasteiger partial charge in [-0.1, -0.05) is 6.42 Å². The Kier molecular flexibility index (Phi) is 3.46. The molecular weight excluding hydrogens is 282 g/mol. The number of carbonyl (C=O) groups is 1. The van der Waals surface area contributed by atoms with Gasteiger partial charge in [-0.15, -0.1) is 0 Å². The van der Waals surface area contributed by atoms with Crippen molar-refractivity contribution in [3.8, 4) is 0 Å². The van der Waals surface area contributed by atoms with Gasteiger partial charge in [0.1, 0.15) is 0 Å². The van der Waals surface area contributed by atoms with Crippen LogP contribution >= 0.6 is 0 Å². The minimum absolute atomic E-state index is 0.266. The number of likely N-dealkylation sites (tertiary alicyclic amines) is 1. The number of nitrogens with one attached hydrogen (secondary N) is 1. The molecule has 0 aromatic carbocycles. The molecule has 3 aliphatic rings. The van der Waals surface area contributed by atoms with E-state index >= 15 is 0 Å². The fourth-order valence-electron chi connectivity index (χ4n) is 4.08. The van der Waals surface area contributed by atoms with Crippen LogP contribution < -0.4 is 10.4 Å². The van der Waals surface area contributed by atoms with Gasteiger partial charge in [0.05, 0.1) is 5.56 Å². The summed E-state index contributed by atoms with van der Waals surface area (Å²) in [6.07, 6.45) is 6.99. The molecule has 2 unspecified atom stereocenters. The maximum Gasteiger partial charge on any atom is 0.277 e. The average Bonchev–Trinajstić information content (AvgIpc) is 3.09. The number of piperidine rings is 2. The van der Waals surface area contributed by atoms with Crippen molar-refractivity contribution in [2.75, 3.05) is 31.1 Å². The molecule has 2 aliphatic heterocycles. The van der Waals surface area contributed by atoms with Gasteiger partial charge in [0.25, 0.3) is 5.91 Å². The second-order valence-corrected chi connectivity index (χ2v) is 6.53. The monoisotopic (exact) mass is 303 g/mol. The predicted octanol–water partition coefficient (Wildman–Crippen LogP) is 0.516. The Hall–Kier alpha value is -1.73. The number of anilines is 1. The summed E-state index contributed by atoms with van der Waals surface area (Å²) in [5.41, 5.74) is 1.85. The SMILES string of the molecule is O=C(NO)c1cnc(N2CC3C(C2)C3N2CCCCC2)nc1. The van der Waals surface area contributed by atoms with E-state index in [9.17, 15) is 4.79 Å². The minimum atomic E-state index is -0.582. The first-order valence-electron chi connectivity index (χ1n) is 8.03. The molecule has 4 rings (SSSR count). The smallest absolute Gasteiger partial charge is 0.277 e. The van der Waals surface area contributed by atoms with Crippen molar-refractivity contribution < 1.29 is 10.0 Å². The van der Waals surface area contributed by atoms with Crippen LogP contribution in [-0.2, 0) is 0 Å². The van der Waals surface area contributed by atoms with Gasteiger partial charge in [0, 0.05) is 31.5 Å². The summed E-state index contributed by atoms with van der Waals surface area (Å²) in [4.78, 5) is 24.6. The highest BCUT2D eigenvalue weighted by Crippen LogP contribution is 2.50. The third-order valence-corrected chi connectivity index (χ3v) is 5.25. The van der Waals surface area contributed by atoms with Crippen LogP contribution in [0.5, 0.6) is 0 Å². The molecule has 3 fully saturated rings. The van der Waals surface area contributed by atoms with Crippen LogP contribution in [-0.4, -0.2) is 58.2 Å². The highest BCUT2D eigenvalue weighted by atomic mass is 16.5. The summed E-state index contributed by atoms with van der Waals surface area (Å²) in [5.74, 6) is 1.60. The lowest BCUT2D eigenvalue weighted by Crippen LogP contribution is -2.38. The van der Waals surface area contributed by atoms with Crippen molar-refractivity contribution >= 4 is 11.9 Å². The molecule has 3 heterocycles. The maximum absolute atomic E-state index is 11.3. The zero-order valence-electron chi connectivity index (χ0n) is 12.5. The highest BCUT2D eigenvalue weighted by molar-refractivity contribution is 5.92. The lowest BCUT2D eigenvalue weighted by Gasteiger charge is -2.30. The largest absolute Gasteiger partial charge is 0.340 e. The van der Waals surface area contributed by atoms with Crippen LogP contribution in [0.2, 0.25) is 0 Å². The molecule has 1 aromatic heterocycles. The lowest BCUT2D eigenvalue weighted by molar-refractivity contribution is 0.0705. The molecular formula is C15H21N5O2. The molecule has 1 saturated carbocycles. The van der Waals surface area contributed by atoms with E-state index in [2.05, 4.69) is 19.8 Å². The van der Waals surface area contributed by atoms with E-state index in [0.717, 1.165) is 31.0 Å². The minimum Gasteiger partial charge on any atom is -0.340 e. The summed E-state index contributed by atoms with van der Waals surface area (Å²) in [5, 5.41) is 8.59. The molecule has 1 aromatic rings.